The molecule has 1 saturated heterocycles. The maximum Gasteiger partial charge on any atom is 0.257 e. The molecule has 6 rings (SSSR count). The zero-order chi connectivity index (χ0) is 27.7. The van der Waals surface area contributed by atoms with Crippen LogP contribution in [0, 0.1) is 0 Å². The van der Waals surface area contributed by atoms with Crippen molar-refractivity contribution in [1.82, 2.24) is 15.6 Å². The van der Waals surface area contributed by atoms with Gasteiger partial charge < -0.3 is 20.7 Å². The van der Waals surface area contributed by atoms with Crippen molar-refractivity contribution in [2.75, 3.05) is 18.5 Å². The normalized spacial score (nSPS) is 16.9. The average Bonchev–Trinajstić information content (AvgIpc) is 3.66. The first-order chi connectivity index (χ1) is 19.4. The van der Waals surface area contributed by atoms with Crippen molar-refractivity contribution in [3.8, 4) is 16.3 Å². The van der Waals surface area contributed by atoms with Gasteiger partial charge in [-0.3, -0.25) is 9.59 Å². The zero-order valence-electron chi connectivity index (χ0n) is 21.8. The number of carbonyl (C=O) groups excluding carboxylic acids is 2. The molecule has 0 aliphatic carbocycles. The van der Waals surface area contributed by atoms with E-state index in [1.807, 2.05) is 24.3 Å². The molecule has 3 N–H and O–H groups in total. The van der Waals surface area contributed by atoms with E-state index in [0.29, 0.717) is 12.6 Å². The van der Waals surface area contributed by atoms with Crippen LogP contribution < -0.4 is 20.7 Å². The molecule has 41 heavy (non-hydrogen) atoms. The molecular formula is C29H27ClN4O5S2. The maximum absolute atomic E-state index is 13.2. The minimum absolute atomic E-state index is 0. The molecule has 1 atom stereocenters. The van der Waals surface area contributed by atoms with Gasteiger partial charge in [-0.1, -0.05) is 12.1 Å². The van der Waals surface area contributed by atoms with Gasteiger partial charge in [0.2, 0.25) is 9.84 Å². The number of nitrogens with zero attached hydrogens (tertiary/aromatic N) is 1. The number of aromatic nitrogens is 1. The summed E-state index contributed by atoms with van der Waals surface area (Å²) in [5.41, 5.74) is 1.32. The van der Waals surface area contributed by atoms with Crippen molar-refractivity contribution in [3.63, 3.8) is 0 Å². The Kier molecular flexibility index (Phi) is 8.41. The Bertz CT molecular complexity index is 1700. The number of thiazole rings is 1. The molecule has 0 spiro atoms. The van der Waals surface area contributed by atoms with Gasteiger partial charge in [-0.25, -0.2) is 13.4 Å². The third-order valence-electron chi connectivity index (χ3n) is 6.89. The second-order valence-corrected chi connectivity index (χ2v) is 12.6. The number of halogens is 1. The molecule has 0 radical (unpaired) electrons. The number of rotatable bonds is 7. The third kappa shape index (κ3) is 5.98. The molecule has 2 aliphatic heterocycles. The van der Waals surface area contributed by atoms with Crippen molar-refractivity contribution in [1.29, 1.82) is 0 Å². The molecule has 2 aliphatic rings. The van der Waals surface area contributed by atoms with Crippen LogP contribution in [0.2, 0.25) is 0 Å². The highest BCUT2D eigenvalue weighted by Gasteiger charge is 2.31. The van der Waals surface area contributed by atoms with Crippen LogP contribution in [0.3, 0.4) is 0 Å². The standard InChI is InChI=1S/C29H26N4O5S2.ClH/c34-27(19-9-12-26-24(14-19)33-28(35)23-5-1-2-6-25(23)40(26,36)37)31-15-22-16-32-29(39-22)18-7-10-21(11-8-18)38-17-20-4-3-13-30-20;/h1-2,5-12,14,16,20,30H,3-4,13,15,17H2,(H,31,34)(H,33,35);1H/t20-;/m0./s1. The number of hydrogen-bond donors (Lipinski definition) is 3. The number of sulfone groups is 1. The van der Waals surface area contributed by atoms with Gasteiger partial charge in [0.15, 0.2) is 0 Å². The van der Waals surface area contributed by atoms with E-state index < -0.39 is 21.7 Å². The fourth-order valence-corrected chi connectivity index (χ4v) is 7.23. The lowest BCUT2D eigenvalue weighted by Gasteiger charge is -2.12. The molecule has 1 aromatic heterocycles. The van der Waals surface area contributed by atoms with Crippen LogP contribution in [0.15, 0.2) is 82.7 Å². The molecule has 3 heterocycles. The number of fused-ring (bicyclic) bond motifs is 2. The number of amides is 2. The van der Waals surface area contributed by atoms with Gasteiger partial charge in [-0.05, 0) is 74.0 Å². The summed E-state index contributed by atoms with van der Waals surface area (Å²) in [6, 6.07) is 18.4. The van der Waals surface area contributed by atoms with Crippen molar-refractivity contribution >= 4 is 51.1 Å². The highest BCUT2D eigenvalue weighted by atomic mass is 35.5. The number of hydrogen-bond acceptors (Lipinski definition) is 8. The summed E-state index contributed by atoms with van der Waals surface area (Å²) >= 11 is 1.47. The summed E-state index contributed by atoms with van der Waals surface area (Å²) < 4.78 is 32.2. The van der Waals surface area contributed by atoms with E-state index in [9.17, 15) is 18.0 Å². The van der Waals surface area contributed by atoms with Crippen molar-refractivity contribution in [3.05, 3.63) is 88.9 Å². The van der Waals surface area contributed by atoms with Crippen LogP contribution >= 0.6 is 23.7 Å². The monoisotopic (exact) mass is 610 g/mol. The van der Waals surface area contributed by atoms with Gasteiger partial charge in [0.05, 0.1) is 27.6 Å². The zero-order valence-corrected chi connectivity index (χ0v) is 24.2. The Morgan fingerprint density at radius 3 is 2.66 bits per heavy atom. The van der Waals surface area contributed by atoms with Crippen LogP contribution in [0.4, 0.5) is 5.69 Å². The predicted octanol–water partition coefficient (Wildman–Crippen LogP) is 4.69. The van der Waals surface area contributed by atoms with E-state index in [1.54, 1.807) is 18.3 Å². The van der Waals surface area contributed by atoms with Gasteiger partial charge >= 0.3 is 0 Å². The highest BCUT2D eigenvalue weighted by molar-refractivity contribution is 7.91. The summed E-state index contributed by atoms with van der Waals surface area (Å²) in [5.74, 6) is -0.127. The van der Waals surface area contributed by atoms with Crippen LogP contribution in [0.25, 0.3) is 10.6 Å². The Hall–Kier alpha value is -3.77. The highest BCUT2D eigenvalue weighted by Crippen LogP contribution is 2.34. The molecular weight excluding hydrogens is 584 g/mol. The van der Waals surface area contributed by atoms with E-state index in [2.05, 4.69) is 20.9 Å². The second kappa shape index (κ2) is 12.0. The molecule has 212 valence electrons. The fraction of sp³-hybridized carbons (Fsp3) is 0.207. The fourth-order valence-electron chi connectivity index (χ4n) is 4.78. The van der Waals surface area contributed by atoms with Gasteiger partial charge in [-0.2, -0.15) is 0 Å². The molecule has 4 aromatic rings. The van der Waals surface area contributed by atoms with Crippen LogP contribution in [-0.4, -0.2) is 44.4 Å². The Labute approximate surface area is 247 Å². The molecule has 0 saturated carbocycles. The van der Waals surface area contributed by atoms with E-state index in [-0.39, 0.29) is 45.6 Å². The largest absolute Gasteiger partial charge is 0.492 e. The number of benzene rings is 3. The molecule has 2 amide bonds. The summed E-state index contributed by atoms with van der Waals surface area (Å²) in [6.45, 7) is 1.95. The smallest absolute Gasteiger partial charge is 0.257 e. The van der Waals surface area contributed by atoms with Crippen LogP contribution in [0.5, 0.6) is 5.75 Å². The molecule has 0 unspecified atom stereocenters. The second-order valence-electron chi connectivity index (χ2n) is 9.61. The van der Waals surface area contributed by atoms with Crippen molar-refractivity contribution in [2.24, 2.45) is 0 Å². The van der Waals surface area contributed by atoms with Crippen LogP contribution in [-0.2, 0) is 16.4 Å². The summed E-state index contributed by atoms with van der Waals surface area (Å²) in [4.78, 5) is 30.8. The van der Waals surface area contributed by atoms with Crippen molar-refractivity contribution in [2.45, 2.75) is 35.2 Å². The lowest BCUT2D eigenvalue weighted by Crippen LogP contribution is -2.28. The molecule has 3 aromatic carbocycles. The minimum Gasteiger partial charge on any atom is -0.492 e. The van der Waals surface area contributed by atoms with Crippen LogP contribution in [0.1, 0.15) is 38.4 Å². The number of anilines is 1. The Balaban J connectivity index is 0.00000337. The van der Waals surface area contributed by atoms with Crippen molar-refractivity contribution < 1.29 is 22.7 Å². The molecule has 9 nitrogen and oxygen atoms in total. The predicted molar refractivity (Wildman–Crippen MR) is 159 cm³/mol. The number of carbonyl (C=O) groups is 2. The maximum atomic E-state index is 13.2. The first-order valence-electron chi connectivity index (χ1n) is 12.9. The first-order valence-corrected chi connectivity index (χ1v) is 15.2. The molecule has 12 heteroatoms. The Morgan fingerprint density at radius 2 is 1.88 bits per heavy atom. The number of ether oxygens (including phenoxy) is 1. The third-order valence-corrected chi connectivity index (χ3v) is 9.81. The lowest BCUT2D eigenvalue weighted by molar-refractivity contribution is 0.0949. The van der Waals surface area contributed by atoms with E-state index in [0.717, 1.165) is 34.2 Å². The summed E-state index contributed by atoms with van der Waals surface area (Å²) in [7, 11) is -3.93. The molecule has 1 fully saturated rings. The number of nitrogens with one attached hydrogen (secondary N) is 3. The van der Waals surface area contributed by atoms with E-state index in [4.69, 9.17) is 4.74 Å². The van der Waals surface area contributed by atoms with E-state index >= 15 is 0 Å². The van der Waals surface area contributed by atoms with E-state index in [1.165, 1.54) is 48.1 Å². The minimum atomic E-state index is -3.93. The average molecular weight is 611 g/mol. The summed E-state index contributed by atoms with van der Waals surface area (Å²) in [6.07, 6.45) is 4.04. The lowest BCUT2D eigenvalue weighted by atomic mass is 10.1. The SMILES string of the molecule is Cl.O=C(NCc1cnc(-c2ccc(OC[C@@H]3CCCN3)cc2)s1)c1ccc2c(c1)NC(=O)c1ccccc1S2(=O)=O. The van der Waals surface area contributed by atoms with Gasteiger partial charge in [0.25, 0.3) is 11.8 Å². The quantitative estimate of drug-likeness (QED) is 0.277. The molecule has 0 bridgehead atoms. The first kappa shape index (κ1) is 28.7. The van der Waals surface area contributed by atoms with Gasteiger partial charge in [-0.15, -0.1) is 23.7 Å². The Morgan fingerprint density at radius 1 is 1.07 bits per heavy atom. The van der Waals surface area contributed by atoms with Gasteiger partial charge in [0.1, 0.15) is 17.4 Å². The topological polar surface area (TPSA) is 126 Å². The summed E-state index contributed by atoms with van der Waals surface area (Å²) in [5, 5.41) is 9.72. The van der Waals surface area contributed by atoms with Gasteiger partial charge in [0, 0.05) is 28.2 Å².